The van der Waals surface area contributed by atoms with Gasteiger partial charge in [0.05, 0.1) is 0 Å². The molecule has 0 aliphatic carbocycles. The van der Waals surface area contributed by atoms with E-state index in [1.54, 1.807) is 19.2 Å². The molecule has 0 amide bonds. The lowest BCUT2D eigenvalue weighted by atomic mass is 10.2. The molecule has 0 saturated carbocycles. The van der Waals surface area contributed by atoms with E-state index in [0.29, 0.717) is 24.8 Å². The van der Waals surface area contributed by atoms with E-state index < -0.39 is 0 Å². The van der Waals surface area contributed by atoms with E-state index in [0.717, 1.165) is 11.3 Å². The fraction of sp³-hybridized carbons (Fsp3) is 0.364. The highest BCUT2D eigenvalue weighted by atomic mass is 16.6. The third-order valence-electron chi connectivity index (χ3n) is 2.05. The Kier molecular flexibility index (Phi) is 3.97. The van der Waals surface area contributed by atoms with Crippen LogP contribution in [0.2, 0.25) is 0 Å². The Morgan fingerprint density at radius 1 is 1.47 bits per heavy atom. The zero-order valence-corrected chi connectivity index (χ0v) is 9.12. The molecule has 82 valence electrons. The number of allylic oxidation sites excluding steroid dienone is 2. The average Bonchev–Trinajstić information content (AvgIpc) is 2.27. The van der Waals surface area contributed by atoms with Gasteiger partial charge in [0.25, 0.3) is 0 Å². The standard InChI is InChI=1S/C11H16N2O2/c1-4-9(11(12)13-3)7-10-8(2)14-5-6-15-10/h4,7H,1,5-6H2,2-3H3,(H2,12,13)/b9-7+. The Morgan fingerprint density at radius 3 is 2.67 bits per heavy atom. The average molecular weight is 208 g/mol. The summed E-state index contributed by atoms with van der Waals surface area (Å²) in [6.45, 7) is 6.66. The smallest absolute Gasteiger partial charge is 0.157 e. The molecule has 0 fully saturated rings. The summed E-state index contributed by atoms with van der Waals surface area (Å²) in [5.41, 5.74) is 6.42. The van der Waals surface area contributed by atoms with Gasteiger partial charge in [0.1, 0.15) is 24.8 Å². The normalized spacial score (nSPS) is 18.3. The summed E-state index contributed by atoms with van der Waals surface area (Å²) >= 11 is 0. The van der Waals surface area contributed by atoms with Gasteiger partial charge in [-0.25, -0.2) is 0 Å². The van der Waals surface area contributed by atoms with Gasteiger partial charge < -0.3 is 15.2 Å². The second kappa shape index (κ2) is 5.24. The Morgan fingerprint density at radius 2 is 2.13 bits per heavy atom. The maximum absolute atomic E-state index is 5.68. The topological polar surface area (TPSA) is 56.8 Å². The van der Waals surface area contributed by atoms with Crippen molar-refractivity contribution in [2.75, 3.05) is 20.3 Å². The molecule has 2 N–H and O–H groups in total. The fourth-order valence-corrected chi connectivity index (χ4v) is 1.17. The molecular weight excluding hydrogens is 192 g/mol. The minimum Gasteiger partial charge on any atom is -0.491 e. The van der Waals surface area contributed by atoms with Crippen molar-refractivity contribution in [2.24, 2.45) is 10.7 Å². The van der Waals surface area contributed by atoms with Crippen molar-refractivity contribution in [3.05, 3.63) is 35.8 Å². The van der Waals surface area contributed by atoms with Crippen LogP contribution in [0.4, 0.5) is 0 Å². The first-order chi connectivity index (χ1) is 7.19. The maximum atomic E-state index is 5.68. The summed E-state index contributed by atoms with van der Waals surface area (Å²) in [6.07, 6.45) is 3.42. The number of nitrogens with zero attached hydrogens (tertiary/aromatic N) is 1. The van der Waals surface area contributed by atoms with Crippen LogP contribution in [0.15, 0.2) is 40.8 Å². The van der Waals surface area contributed by atoms with Gasteiger partial charge in [-0.1, -0.05) is 12.7 Å². The third-order valence-corrected chi connectivity index (χ3v) is 2.05. The van der Waals surface area contributed by atoms with E-state index in [4.69, 9.17) is 15.2 Å². The van der Waals surface area contributed by atoms with Crippen molar-refractivity contribution in [3.8, 4) is 0 Å². The van der Waals surface area contributed by atoms with Crippen LogP contribution in [0.5, 0.6) is 0 Å². The van der Waals surface area contributed by atoms with Gasteiger partial charge in [-0.2, -0.15) is 0 Å². The number of amidine groups is 1. The predicted octanol–water partition coefficient (Wildman–Crippen LogP) is 1.36. The molecule has 0 atom stereocenters. The zero-order valence-electron chi connectivity index (χ0n) is 9.12. The Balaban J connectivity index is 2.97. The van der Waals surface area contributed by atoms with E-state index in [9.17, 15) is 0 Å². The molecule has 4 heteroatoms. The van der Waals surface area contributed by atoms with Crippen LogP contribution in [0.1, 0.15) is 6.92 Å². The summed E-state index contributed by atoms with van der Waals surface area (Å²) in [7, 11) is 1.63. The summed E-state index contributed by atoms with van der Waals surface area (Å²) in [6, 6.07) is 0. The van der Waals surface area contributed by atoms with Gasteiger partial charge in [0.15, 0.2) is 5.76 Å². The highest BCUT2D eigenvalue weighted by molar-refractivity contribution is 5.99. The van der Waals surface area contributed by atoms with Gasteiger partial charge >= 0.3 is 0 Å². The fourth-order valence-electron chi connectivity index (χ4n) is 1.17. The molecule has 0 aromatic rings. The minimum atomic E-state index is 0.430. The molecule has 0 saturated heterocycles. The van der Waals surface area contributed by atoms with Crippen LogP contribution in [0.3, 0.4) is 0 Å². The van der Waals surface area contributed by atoms with Crippen molar-refractivity contribution in [3.63, 3.8) is 0 Å². The van der Waals surface area contributed by atoms with Crippen LogP contribution in [-0.4, -0.2) is 26.1 Å². The number of aliphatic imine (C=N–C) groups is 1. The van der Waals surface area contributed by atoms with E-state index in [1.807, 2.05) is 6.92 Å². The highest BCUT2D eigenvalue weighted by Gasteiger charge is 2.10. The second-order valence-electron chi connectivity index (χ2n) is 3.03. The third kappa shape index (κ3) is 2.87. The predicted molar refractivity (Wildman–Crippen MR) is 60.4 cm³/mol. The van der Waals surface area contributed by atoms with E-state index in [2.05, 4.69) is 11.6 Å². The monoisotopic (exact) mass is 208 g/mol. The molecule has 1 aliphatic rings. The molecule has 0 unspecified atom stereocenters. The molecule has 0 spiro atoms. The van der Waals surface area contributed by atoms with E-state index in [-0.39, 0.29) is 0 Å². The van der Waals surface area contributed by atoms with Crippen molar-refractivity contribution in [2.45, 2.75) is 6.92 Å². The van der Waals surface area contributed by atoms with Crippen LogP contribution in [0.25, 0.3) is 0 Å². The zero-order chi connectivity index (χ0) is 11.3. The number of rotatable bonds is 3. The van der Waals surface area contributed by atoms with Crippen LogP contribution in [0, 0.1) is 0 Å². The Hall–Kier alpha value is -1.71. The van der Waals surface area contributed by atoms with Crippen molar-refractivity contribution in [1.29, 1.82) is 0 Å². The Bertz CT molecular complexity index is 340. The molecule has 1 heterocycles. The minimum absolute atomic E-state index is 0.430. The Labute approximate surface area is 89.8 Å². The largest absolute Gasteiger partial charge is 0.491 e. The van der Waals surface area contributed by atoms with Gasteiger partial charge in [-0.15, -0.1) is 0 Å². The molecule has 0 bridgehead atoms. The van der Waals surface area contributed by atoms with E-state index >= 15 is 0 Å². The first kappa shape index (κ1) is 11.4. The lowest BCUT2D eigenvalue weighted by Gasteiger charge is -2.18. The van der Waals surface area contributed by atoms with E-state index in [1.165, 1.54) is 0 Å². The maximum Gasteiger partial charge on any atom is 0.157 e. The molecule has 15 heavy (non-hydrogen) atoms. The molecule has 0 aromatic carbocycles. The summed E-state index contributed by atoms with van der Waals surface area (Å²) < 4.78 is 10.8. The molecule has 4 nitrogen and oxygen atoms in total. The summed E-state index contributed by atoms with van der Waals surface area (Å²) in [5.74, 6) is 1.87. The van der Waals surface area contributed by atoms with Crippen LogP contribution >= 0.6 is 0 Å². The summed E-state index contributed by atoms with van der Waals surface area (Å²) in [4.78, 5) is 3.89. The van der Waals surface area contributed by atoms with Crippen molar-refractivity contribution < 1.29 is 9.47 Å². The number of nitrogens with two attached hydrogens (primary N) is 1. The number of hydrogen-bond acceptors (Lipinski definition) is 3. The lowest BCUT2D eigenvalue weighted by Crippen LogP contribution is -2.16. The molecular formula is C11H16N2O2. The number of ether oxygens (including phenoxy) is 2. The second-order valence-corrected chi connectivity index (χ2v) is 3.03. The molecule has 0 radical (unpaired) electrons. The quantitative estimate of drug-likeness (QED) is 0.433. The molecule has 1 rings (SSSR count). The van der Waals surface area contributed by atoms with Gasteiger partial charge in [-0.05, 0) is 13.0 Å². The lowest BCUT2D eigenvalue weighted by molar-refractivity contribution is 0.0707. The summed E-state index contributed by atoms with van der Waals surface area (Å²) in [5, 5.41) is 0. The first-order valence-corrected chi connectivity index (χ1v) is 4.72. The van der Waals surface area contributed by atoms with Crippen LogP contribution in [-0.2, 0) is 9.47 Å². The highest BCUT2D eigenvalue weighted by Crippen LogP contribution is 2.16. The first-order valence-electron chi connectivity index (χ1n) is 4.72. The van der Waals surface area contributed by atoms with Crippen molar-refractivity contribution in [1.82, 2.24) is 0 Å². The van der Waals surface area contributed by atoms with Crippen molar-refractivity contribution >= 4 is 5.84 Å². The molecule has 1 aliphatic heterocycles. The van der Waals surface area contributed by atoms with Gasteiger partial charge in [0.2, 0.25) is 0 Å². The SMILES string of the molecule is C=C/C(=C\C1=C(C)OCCO1)C(N)=NC. The van der Waals surface area contributed by atoms with Crippen LogP contribution < -0.4 is 5.73 Å². The number of hydrogen-bond donors (Lipinski definition) is 1. The molecule has 0 aromatic heterocycles. The van der Waals surface area contributed by atoms with Gasteiger partial charge in [0, 0.05) is 12.6 Å². The van der Waals surface area contributed by atoms with Gasteiger partial charge in [-0.3, -0.25) is 4.99 Å².